The third-order valence-corrected chi connectivity index (χ3v) is 5.48. The fraction of sp³-hybridized carbons (Fsp3) is 0.333. The van der Waals surface area contributed by atoms with Crippen LogP contribution in [0.1, 0.15) is 12.0 Å². The van der Waals surface area contributed by atoms with Gasteiger partial charge in [0.25, 0.3) is 0 Å². The maximum atomic E-state index is 12.8. The molecule has 7 nitrogen and oxygen atoms in total. The highest BCUT2D eigenvalue weighted by molar-refractivity contribution is 6.31. The largest absolute Gasteiger partial charge is 0.495 e. The molecule has 0 bridgehead atoms. The second-order valence-corrected chi connectivity index (χ2v) is 7.43. The van der Waals surface area contributed by atoms with Gasteiger partial charge in [-0.25, -0.2) is 0 Å². The number of ether oxygens (including phenoxy) is 3. The molecule has 1 saturated heterocycles. The summed E-state index contributed by atoms with van der Waals surface area (Å²) in [6, 6.07) is 8.78. The van der Waals surface area contributed by atoms with Crippen LogP contribution in [0.4, 0.5) is 11.4 Å². The van der Waals surface area contributed by atoms with Crippen molar-refractivity contribution in [1.29, 1.82) is 0 Å². The number of halogens is 1. The molecule has 1 fully saturated rings. The Balaban J connectivity index is 1.49. The summed E-state index contributed by atoms with van der Waals surface area (Å²) in [5, 5.41) is 3.42. The number of methoxy groups -OCH3 is 1. The van der Waals surface area contributed by atoms with E-state index in [0.29, 0.717) is 53.4 Å². The Bertz CT molecular complexity index is 978. The van der Waals surface area contributed by atoms with Crippen LogP contribution in [0.3, 0.4) is 0 Å². The zero-order valence-corrected chi connectivity index (χ0v) is 16.9. The zero-order valence-electron chi connectivity index (χ0n) is 16.2. The first-order valence-corrected chi connectivity index (χ1v) is 9.69. The molecular weight excluding hydrogens is 396 g/mol. The first-order valence-electron chi connectivity index (χ1n) is 9.31. The number of hydrogen-bond donors (Lipinski definition) is 1. The predicted molar refractivity (Wildman–Crippen MR) is 109 cm³/mol. The van der Waals surface area contributed by atoms with Crippen molar-refractivity contribution in [2.75, 3.05) is 37.1 Å². The average molecular weight is 417 g/mol. The third kappa shape index (κ3) is 3.82. The van der Waals surface area contributed by atoms with E-state index < -0.39 is 5.92 Å². The van der Waals surface area contributed by atoms with Gasteiger partial charge in [-0.3, -0.25) is 9.59 Å². The van der Waals surface area contributed by atoms with E-state index >= 15 is 0 Å². The lowest BCUT2D eigenvalue weighted by molar-refractivity contribution is -0.122. The monoisotopic (exact) mass is 416 g/mol. The van der Waals surface area contributed by atoms with Gasteiger partial charge in [0.15, 0.2) is 11.5 Å². The normalized spacial score (nSPS) is 18.0. The van der Waals surface area contributed by atoms with Crippen molar-refractivity contribution < 1.29 is 23.8 Å². The zero-order chi connectivity index (χ0) is 20.5. The number of aryl methyl sites for hydroxylation is 1. The fourth-order valence-electron chi connectivity index (χ4n) is 3.50. The molecule has 0 aliphatic carbocycles. The molecule has 2 amide bonds. The van der Waals surface area contributed by atoms with Crippen LogP contribution >= 0.6 is 11.6 Å². The summed E-state index contributed by atoms with van der Waals surface area (Å²) in [6.07, 6.45) is 0.134. The van der Waals surface area contributed by atoms with Gasteiger partial charge in [0, 0.05) is 35.8 Å². The number of amides is 2. The summed E-state index contributed by atoms with van der Waals surface area (Å²) in [6.45, 7) is 3.11. The smallest absolute Gasteiger partial charge is 0.229 e. The molecule has 1 atom stereocenters. The van der Waals surface area contributed by atoms with Crippen molar-refractivity contribution in [3.8, 4) is 17.2 Å². The van der Waals surface area contributed by atoms with Crippen LogP contribution in [0, 0.1) is 12.8 Å². The van der Waals surface area contributed by atoms with Crippen molar-refractivity contribution in [3.05, 3.63) is 40.9 Å². The highest BCUT2D eigenvalue weighted by Gasteiger charge is 2.36. The van der Waals surface area contributed by atoms with E-state index in [2.05, 4.69) is 5.32 Å². The summed E-state index contributed by atoms with van der Waals surface area (Å²) in [7, 11) is 1.51. The molecule has 29 heavy (non-hydrogen) atoms. The standard InChI is InChI=1S/C21H21ClN2O5/c1-12-7-16(18(27-2)10-15(12)22)23-21(26)13-8-20(25)24(11-13)14-3-4-17-19(9-14)29-6-5-28-17/h3-4,7,9-10,13H,5-6,8,11H2,1-2H3,(H,23,26)/t13-/m0/s1. The molecule has 0 spiro atoms. The van der Waals surface area contributed by atoms with Crippen LogP contribution in [0.5, 0.6) is 17.2 Å². The van der Waals surface area contributed by atoms with Crippen LogP contribution in [0.25, 0.3) is 0 Å². The Hall–Kier alpha value is -2.93. The number of nitrogens with one attached hydrogen (secondary N) is 1. The summed E-state index contributed by atoms with van der Waals surface area (Å²) < 4.78 is 16.4. The number of nitrogens with zero attached hydrogens (tertiary/aromatic N) is 1. The number of anilines is 2. The summed E-state index contributed by atoms with van der Waals surface area (Å²) in [5.74, 6) is 0.917. The van der Waals surface area contributed by atoms with E-state index in [1.165, 1.54) is 7.11 Å². The minimum atomic E-state index is -0.476. The van der Waals surface area contributed by atoms with E-state index in [1.807, 2.05) is 6.92 Å². The SMILES string of the molecule is COc1cc(Cl)c(C)cc1NC(=O)[C@H]1CC(=O)N(c2ccc3c(c2)OCCO3)C1. The molecule has 2 aromatic carbocycles. The fourth-order valence-corrected chi connectivity index (χ4v) is 3.65. The van der Waals surface area contributed by atoms with Gasteiger partial charge in [0.1, 0.15) is 19.0 Å². The topological polar surface area (TPSA) is 77.1 Å². The summed E-state index contributed by atoms with van der Waals surface area (Å²) in [4.78, 5) is 27.0. The lowest BCUT2D eigenvalue weighted by Crippen LogP contribution is -2.28. The van der Waals surface area contributed by atoms with Gasteiger partial charge in [0.05, 0.1) is 18.7 Å². The second-order valence-electron chi connectivity index (χ2n) is 7.02. The van der Waals surface area contributed by atoms with Crippen LogP contribution in [-0.2, 0) is 9.59 Å². The van der Waals surface area contributed by atoms with Crippen molar-refractivity contribution in [2.45, 2.75) is 13.3 Å². The minimum Gasteiger partial charge on any atom is -0.495 e. The second kappa shape index (κ2) is 7.83. The van der Waals surface area contributed by atoms with Gasteiger partial charge in [-0.05, 0) is 30.7 Å². The highest BCUT2D eigenvalue weighted by Crippen LogP contribution is 2.36. The molecule has 1 N–H and O–H groups in total. The van der Waals surface area contributed by atoms with Gasteiger partial charge in [-0.2, -0.15) is 0 Å². The Labute approximate surface area is 173 Å². The van der Waals surface area contributed by atoms with E-state index in [4.69, 9.17) is 25.8 Å². The molecule has 0 radical (unpaired) electrons. The number of benzene rings is 2. The molecule has 0 aromatic heterocycles. The number of rotatable bonds is 4. The van der Waals surface area contributed by atoms with Crippen LogP contribution in [-0.4, -0.2) is 38.7 Å². The van der Waals surface area contributed by atoms with Crippen molar-refractivity contribution >= 4 is 34.8 Å². The number of carbonyl (C=O) groups is 2. The van der Waals surface area contributed by atoms with Crippen molar-refractivity contribution in [3.63, 3.8) is 0 Å². The molecule has 2 aliphatic rings. The van der Waals surface area contributed by atoms with Gasteiger partial charge in [-0.15, -0.1) is 0 Å². The lowest BCUT2D eigenvalue weighted by Gasteiger charge is -2.22. The van der Waals surface area contributed by atoms with E-state index in [-0.39, 0.29) is 18.2 Å². The molecule has 0 unspecified atom stereocenters. The third-order valence-electron chi connectivity index (χ3n) is 5.07. The van der Waals surface area contributed by atoms with Gasteiger partial charge in [-0.1, -0.05) is 11.6 Å². The summed E-state index contributed by atoms with van der Waals surface area (Å²) in [5.41, 5.74) is 2.04. The number of carbonyl (C=O) groups excluding carboxylic acids is 2. The van der Waals surface area contributed by atoms with Crippen LogP contribution < -0.4 is 24.4 Å². The van der Waals surface area contributed by atoms with Gasteiger partial charge in [0.2, 0.25) is 11.8 Å². The minimum absolute atomic E-state index is 0.110. The summed E-state index contributed by atoms with van der Waals surface area (Å²) >= 11 is 6.12. The van der Waals surface area contributed by atoms with E-state index in [9.17, 15) is 9.59 Å². The molecule has 8 heteroatoms. The molecule has 2 aliphatic heterocycles. The average Bonchev–Trinajstić information content (AvgIpc) is 3.12. The highest BCUT2D eigenvalue weighted by atomic mass is 35.5. The van der Waals surface area contributed by atoms with E-state index in [1.54, 1.807) is 35.2 Å². The first kappa shape index (κ1) is 19.4. The maximum Gasteiger partial charge on any atom is 0.229 e. The predicted octanol–water partition coefficient (Wildman–Crippen LogP) is 3.42. The van der Waals surface area contributed by atoms with Crippen molar-refractivity contribution in [2.24, 2.45) is 5.92 Å². The maximum absolute atomic E-state index is 12.8. The first-order chi connectivity index (χ1) is 14.0. The number of hydrogen-bond acceptors (Lipinski definition) is 5. The quantitative estimate of drug-likeness (QED) is 0.826. The Kier molecular flexibility index (Phi) is 5.24. The Morgan fingerprint density at radius 2 is 1.97 bits per heavy atom. The Morgan fingerprint density at radius 1 is 1.21 bits per heavy atom. The van der Waals surface area contributed by atoms with Crippen LogP contribution in [0.2, 0.25) is 5.02 Å². The van der Waals surface area contributed by atoms with Crippen molar-refractivity contribution in [1.82, 2.24) is 0 Å². The molecular formula is C21H21ClN2O5. The Morgan fingerprint density at radius 3 is 2.72 bits per heavy atom. The molecule has 4 rings (SSSR count). The molecule has 2 heterocycles. The number of fused-ring (bicyclic) bond motifs is 1. The van der Waals surface area contributed by atoms with Crippen LogP contribution in [0.15, 0.2) is 30.3 Å². The van der Waals surface area contributed by atoms with E-state index in [0.717, 1.165) is 5.56 Å². The van der Waals surface area contributed by atoms with Gasteiger partial charge < -0.3 is 24.4 Å². The lowest BCUT2D eigenvalue weighted by atomic mass is 10.1. The molecule has 0 saturated carbocycles. The molecule has 2 aromatic rings. The van der Waals surface area contributed by atoms with Gasteiger partial charge >= 0.3 is 0 Å². The molecule has 152 valence electrons.